The van der Waals surface area contributed by atoms with Crippen LogP contribution >= 0.6 is 11.8 Å². The highest BCUT2D eigenvalue weighted by molar-refractivity contribution is 8.00. The topological polar surface area (TPSA) is 59.8 Å². The Kier molecular flexibility index (Phi) is 7.31. The van der Waals surface area contributed by atoms with E-state index in [9.17, 15) is 4.79 Å². The summed E-state index contributed by atoms with van der Waals surface area (Å²) in [5, 5.41) is 11.5. The first kappa shape index (κ1) is 18.5. The first-order chi connectivity index (χ1) is 11.6. The van der Waals surface area contributed by atoms with E-state index in [0.29, 0.717) is 13.0 Å². The van der Waals surface area contributed by atoms with Crippen LogP contribution in [-0.2, 0) is 18.3 Å². The van der Waals surface area contributed by atoms with E-state index in [0.717, 1.165) is 35.8 Å². The van der Waals surface area contributed by atoms with Crippen molar-refractivity contribution in [2.75, 3.05) is 12.3 Å². The molecule has 0 saturated heterocycles. The molecule has 0 bridgehead atoms. The van der Waals surface area contributed by atoms with Gasteiger partial charge < -0.3 is 9.88 Å². The normalized spacial score (nSPS) is 12.1. The molecule has 1 atom stereocenters. The Morgan fingerprint density at radius 1 is 1.29 bits per heavy atom. The number of nitrogens with one attached hydrogen (secondary N) is 1. The van der Waals surface area contributed by atoms with Gasteiger partial charge in [0.2, 0.25) is 5.91 Å². The van der Waals surface area contributed by atoms with E-state index >= 15 is 0 Å². The first-order valence-electron chi connectivity index (χ1n) is 8.46. The molecule has 0 aliphatic carbocycles. The van der Waals surface area contributed by atoms with Crippen LogP contribution in [0, 0.1) is 0 Å². The third-order valence-electron chi connectivity index (χ3n) is 3.88. The zero-order chi connectivity index (χ0) is 17.4. The molecule has 0 aliphatic heterocycles. The first-order valence-corrected chi connectivity index (χ1v) is 9.51. The fraction of sp³-hybridized carbons (Fsp3) is 0.500. The second kappa shape index (κ2) is 9.47. The molecule has 0 aliphatic rings. The number of thioether (sulfide) groups is 1. The molecule has 5 nitrogen and oxygen atoms in total. The maximum Gasteiger partial charge on any atom is 0.232 e. The molecule has 130 valence electrons. The van der Waals surface area contributed by atoms with Crippen LogP contribution in [0.15, 0.2) is 30.3 Å². The molecule has 0 spiro atoms. The van der Waals surface area contributed by atoms with Gasteiger partial charge in [-0.25, -0.2) is 0 Å². The van der Waals surface area contributed by atoms with Crippen LogP contribution in [-0.4, -0.2) is 38.2 Å². The molecule has 1 amide bonds. The third-order valence-corrected chi connectivity index (χ3v) is 5.12. The van der Waals surface area contributed by atoms with Crippen molar-refractivity contribution in [1.29, 1.82) is 0 Å². The summed E-state index contributed by atoms with van der Waals surface area (Å²) in [6.45, 7) is 4.71. The summed E-state index contributed by atoms with van der Waals surface area (Å²) in [5.41, 5.74) is 1.05. The van der Waals surface area contributed by atoms with E-state index in [1.807, 2.05) is 48.9 Å². The smallest absolute Gasteiger partial charge is 0.232 e. The number of nitrogens with zero attached hydrogens (tertiary/aromatic N) is 3. The molecule has 0 fully saturated rings. The maximum atomic E-state index is 12.1. The van der Waals surface area contributed by atoms with Gasteiger partial charge in [0, 0.05) is 25.6 Å². The highest BCUT2D eigenvalue weighted by atomic mass is 32.2. The Hall–Kier alpha value is -1.82. The Morgan fingerprint density at radius 2 is 2.04 bits per heavy atom. The van der Waals surface area contributed by atoms with Gasteiger partial charge in [-0.15, -0.1) is 22.0 Å². The highest BCUT2D eigenvalue weighted by Crippen LogP contribution is 2.16. The number of benzene rings is 1. The predicted octanol–water partition coefficient (Wildman–Crippen LogP) is 3.06. The third kappa shape index (κ3) is 5.09. The maximum absolute atomic E-state index is 12.1. The Bertz CT molecular complexity index is 642. The van der Waals surface area contributed by atoms with Gasteiger partial charge in [-0.3, -0.25) is 4.79 Å². The van der Waals surface area contributed by atoms with Gasteiger partial charge in [-0.1, -0.05) is 43.7 Å². The van der Waals surface area contributed by atoms with Crippen molar-refractivity contribution in [3.05, 3.63) is 36.2 Å². The van der Waals surface area contributed by atoms with Crippen LogP contribution in [0.1, 0.15) is 32.5 Å². The van der Waals surface area contributed by atoms with Crippen LogP contribution < -0.4 is 5.32 Å². The van der Waals surface area contributed by atoms with Gasteiger partial charge in [0.15, 0.2) is 5.82 Å². The molecular weight excluding hydrogens is 320 g/mol. The second-order valence-electron chi connectivity index (χ2n) is 5.77. The van der Waals surface area contributed by atoms with Crippen molar-refractivity contribution in [2.24, 2.45) is 7.05 Å². The monoisotopic (exact) mass is 346 g/mol. The van der Waals surface area contributed by atoms with Crippen molar-refractivity contribution in [3.8, 4) is 11.4 Å². The number of unbranched alkanes of at least 4 members (excludes halogenated alkanes) is 1. The van der Waals surface area contributed by atoms with E-state index < -0.39 is 0 Å². The Balaban J connectivity index is 1.83. The molecular formula is C18H26N4OS. The number of rotatable bonds is 9. The molecule has 2 aromatic rings. The van der Waals surface area contributed by atoms with Gasteiger partial charge in [0.05, 0.1) is 5.25 Å². The standard InChI is InChI=1S/C18H26N4OS/c1-4-5-13-24-14(2)18(23)19-12-11-16-20-21-17(22(16)3)15-9-7-6-8-10-15/h6-10,14H,4-5,11-13H2,1-3H3,(H,19,23). The van der Waals surface area contributed by atoms with Crippen molar-refractivity contribution in [1.82, 2.24) is 20.1 Å². The average molecular weight is 346 g/mol. The van der Waals surface area contributed by atoms with Crippen molar-refractivity contribution < 1.29 is 4.79 Å². The number of carbonyl (C=O) groups is 1. The largest absolute Gasteiger partial charge is 0.355 e. The Morgan fingerprint density at radius 3 is 2.75 bits per heavy atom. The molecule has 24 heavy (non-hydrogen) atoms. The lowest BCUT2D eigenvalue weighted by Crippen LogP contribution is -2.33. The molecule has 1 heterocycles. The van der Waals surface area contributed by atoms with E-state index in [4.69, 9.17) is 0 Å². The van der Waals surface area contributed by atoms with Gasteiger partial charge in [-0.2, -0.15) is 0 Å². The van der Waals surface area contributed by atoms with Gasteiger partial charge in [0.1, 0.15) is 5.82 Å². The summed E-state index contributed by atoms with van der Waals surface area (Å²) in [4.78, 5) is 12.1. The van der Waals surface area contributed by atoms with Gasteiger partial charge in [0.25, 0.3) is 0 Å². The number of hydrogen-bond donors (Lipinski definition) is 1. The number of carbonyl (C=O) groups excluding carboxylic acids is 1. The van der Waals surface area contributed by atoms with Crippen LogP contribution in [0.2, 0.25) is 0 Å². The van der Waals surface area contributed by atoms with Crippen molar-refractivity contribution in [3.63, 3.8) is 0 Å². The summed E-state index contributed by atoms with van der Waals surface area (Å²) in [6, 6.07) is 9.99. The minimum absolute atomic E-state index is 0.00377. The summed E-state index contributed by atoms with van der Waals surface area (Å²) in [7, 11) is 1.96. The molecule has 0 radical (unpaired) electrons. The molecule has 1 unspecified atom stereocenters. The molecule has 1 aromatic carbocycles. The van der Waals surface area contributed by atoms with Crippen LogP contribution in [0.5, 0.6) is 0 Å². The van der Waals surface area contributed by atoms with Crippen LogP contribution in [0.25, 0.3) is 11.4 Å². The SMILES string of the molecule is CCCCSC(C)C(=O)NCCc1nnc(-c2ccccc2)n1C. The molecule has 1 aromatic heterocycles. The Labute approximate surface area is 148 Å². The quantitative estimate of drug-likeness (QED) is 0.709. The highest BCUT2D eigenvalue weighted by Gasteiger charge is 2.14. The minimum atomic E-state index is -0.00377. The summed E-state index contributed by atoms with van der Waals surface area (Å²) < 4.78 is 1.99. The summed E-state index contributed by atoms with van der Waals surface area (Å²) in [5.74, 6) is 2.86. The number of hydrogen-bond acceptors (Lipinski definition) is 4. The van der Waals surface area contributed by atoms with Crippen molar-refractivity contribution in [2.45, 2.75) is 38.4 Å². The van der Waals surface area contributed by atoms with E-state index in [1.54, 1.807) is 11.8 Å². The average Bonchev–Trinajstić information content (AvgIpc) is 2.96. The summed E-state index contributed by atoms with van der Waals surface area (Å²) in [6.07, 6.45) is 3.00. The van der Waals surface area contributed by atoms with Gasteiger partial charge >= 0.3 is 0 Å². The fourth-order valence-corrected chi connectivity index (χ4v) is 3.38. The predicted molar refractivity (Wildman–Crippen MR) is 100.0 cm³/mol. The van der Waals surface area contributed by atoms with E-state index in [1.165, 1.54) is 0 Å². The lowest BCUT2D eigenvalue weighted by atomic mass is 10.2. The lowest BCUT2D eigenvalue weighted by molar-refractivity contribution is -0.120. The summed E-state index contributed by atoms with van der Waals surface area (Å²) >= 11 is 1.71. The zero-order valence-electron chi connectivity index (χ0n) is 14.7. The van der Waals surface area contributed by atoms with Gasteiger partial charge in [-0.05, 0) is 19.1 Å². The van der Waals surface area contributed by atoms with E-state index in [-0.39, 0.29) is 11.2 Å². The molecule has 0 saturated carbocycles. The molecule has 6 heteroatoms. The molecule has 2 rings (SSSR count). The number of aromatic nitrogens is 3. The van der Waals surface area contributed by atoms with Crippen LogP contribution in [0.3, 0.4) is 0 Å². The molecule has 1 N–H and O–H groups in total. The fourth-order valence-electron chi connectivity index (χ4n) is 2.34. The lowest BCUT2D eigenvalue weighted by Gasteiger charge is -2.11. The number of amides is 1. The van der Waals surface area contributed by atoms with Crippen molar-refractivity contribution >= 4 is 17.7 Å². The second-order valence-corrected chi connectivity index (χ2v) is 7.22. The zero-order valence-corrected chi connectivity index (χ0v) is 15.5. The minimum Gasteiger partial charge on any atom is -0.355 e. The van der Waals surface area contributed by atoms with E-state index in [2.05, 4.69) is 22.4 Å². The van der Waals surface area contributed by atoms with Crippen LogP contribution in [0.4, 0.5) is 0 Å².